The number of nitrogens with zero attached hydrogens (tertiary/aromatic N) is 5. The van der Waals surface area contributed by atoms with Crippen molar-refractivity contribution in [2.24, 2.45) is 0 Å². The molecule has 148 valence electrons. The van der Waals surface area contributed by atoms with Crippen LogP contribution in [-0.4, -0.2) is 57.6 Å². The largest absolute Gasteiger partial charge is 0.434 e. The summed E-state index contributed by atoms with van der Waals surface area (Å²) < 4.78 is 33.2. The normalized spacial score (nSPS) is 22.3. The molecule has 0 aliphatic carbocycles. The Morgan fingerprint density at radius 3 is 2.89 bits per heavy atom. The molecule has 2 atom stereocenters. The fraction of sp³-hybridized carbons (Fsp3) is 0.471. The lowest BCUT2D eigenvalue weighted by atomic mass is 10.0. The van der Waals surface area contributed by atoms with Gasteiger partial charge in [-0.25, -0.2) is 28.5 Å². The number of amides is 1. The molecule has 2 aromatic rings. The lowest BCUT2D eigenvalue weighted by Crippen LogP contribution is -2.49. The zero-order chi connectivity index (χ0) is 19.9. The zero-order valence-electron chi connectivity index (χ0n) is 15.3. The number of cyclic esters (lactones) is 1. The molecule has 0 unspecified atom stereocenters. The quantitative estimate of drug-likeness (QED) is 0.819. The van der Waals surface area contributed by atoms with Gasteiger partial charge in [0.25, 0.3) is 5.92 Å². The van der Waals surface area contributed by atoms with Gasteiger partial charge >= 0.3 is 6.09 Å². The van der Waals surface area contributed by atoms with Gasteiger partial charge < -0.3 is 15.0 Å². The summed E-state index contributed by atoms with van der Waals surface area (Å²) in [5.74, 6) is -2.72. The van der Waals surface area contributed by atoms with Crippen LogP contribution in [0.25, 0.3) is 11.4 Å². The van der Waals surface area contributed by atoms with Gasteiger partial charge in [0.2, 0.25) is 0 Å². The molecule has 4 rings (SSSR count). The molecule has 2 N–H and O–H groups in total. The van der Waals surface area contributed by atoms with Gasteiger partial charge in [-0.3, -0.25) is 10.3 Å². The topological polar surface area (TPSA) is 105 Å². The summed E-state index contributed by atoms with van der Waals surface area (Å²) in [5, 5.41) is 5.69. The van der Waals surface area contributed by atoms with E-state index in [1.165, 1.54) is 12.5 Å². The summed E-state index contributed by atoms with van der Waals surface area (Å²) in [6.45, 7) is 5.05. The highest BCUT2D eigenvalue weighted by Crippen LogP contribution is 2.43. The number of halogens is 2. The first-order chi connectivity index (χ1) is 13.3. The number of hydrogen-bond acceptors (Lipinski definition) is 8. The van der Waals surface area contributed by atoms with Gasteiger partial charge in [-0.15, -0.1) is 0 Å². The molecule has 28 heavy (non-hydrogen) atoms. The molecule has 1 fully saturated rings. The zero-order valence-corrected chi connectivity index (χ0v) is 15.3. The summed E-state index contributed by atoms with van der Waals surface area (Å²) >= 11 is 0. The van der Waals surface area contributed by atoms with E-state index in [4.69, 9.17) is 4.74 Å². The Kier molecular flexibility index (Phi) is 4.53. The van der Waals surface area contributed by atoms with Crippen LogP contribution in [0.4, 0.5) is 25.2 Å². The number of carbonyl (C=O) groups is 1. The third-order valence-electron chi connectivity index (χ3n) is 4.61. The minimum Gasteiger partial charge on any atom is -0.434 e. The second-order valence-corrected chi connectivity index (χ2v) is 6.91. The second kappa shape index (κ2) is 6.89. The fourth-order valence-corrected chi connectivity index (χ4v) is 3.36. The van der Waals surface area contributed by atoms with Crippen molar-refractivity contribution in [1.82, 2.24) is 25.3 Å². The second-order valence-electron chi connectivity index (χ2n) is 6.91. The maximum absolute atomic E-state index is 14.2. The van der Waals surface area contributed by atoms with Gasteiger partial charge in [0.1, 0.15) is 29.4 Å². The van der Waals surface area contributed by atoms with Gasteiger partial charge in [0, 0.05) is 32.6 Å². The molecule has 1 saturated heterocycles. The molecule has 0 saturated carbocycles. The predicted molar refractivity (Wildman–Crippen MR) is 96.2 cm³/mol. The molecule has 4 heterocycles. The van der Waals surface area contributed by atoms with Crippen LogP contribution in [-0.2, 0) is 4.74 Å². The van der Waals surface area contributed by atoms with E-state index < -0.39 is 18.1 Å². The van der Waals surface area contributed by atoms with Crippen molar-refractivity contribution < 1.29 is 18.3 Å². The summed E-state index contributed by atoms with van der Waals surface area (Å²) in [7, 11) is 0. The first-order valence-corrected chi connectivity index (χ1v) is 8.84. The van der Waals surface area contributed by atoms with Crippen molar-refractivity contribution in [1.29, 1.82) is 0 Å². The monoisotopic (exact) mass is 391 g/mol. The average Bonchev–Trinajstić information content (AvgIpc) is 2.66. The average molecular weight is 391 g/mol. The van der Waals surface area contributed by atoms with Gasteiger partial charge in [0.15, 0.2) is 6.10 Å². The minimum atomic E-state index is -3.33. The van der Waals surface area contributed by atoms with E-state index in [1.54, 1.807) is 6.20 Å². The molecule has 0 bridgehead atoms. The molecular weight excluding hydrogens is 372 g/mol. The molecule has 0 spiro atoms. The highest BCUT2D eigenvalue weighted by atomic mass is 19.3. The third-order valence-corrected chi connectivity index (χ3v) is 4.61. The van der Waals surface area contributed by atoms with E-state index in [-0.39, 0.29) is 23.1 Å². The number of piperazine rings is 1. The highest BCUT2D eigenvalue weighted by molar-refractivity contribution is 5.88. The van der Waals surface area contributed by atoms with Crippen LogP contribution in [0.5, 0.6) is 0 Å². The first-order valence-electron chi connectivity index (χ1n) is 8.84. The lowest BCUT2D eigenvalue weighted by Gasteiger charge is -2.33. The maximum Gasteiger partial charge on any atom is 0.413 e. The first kappa shape index (κ1) is 18.4. The Labute approximate surface area is 159 Å². The van der Waals surface area contributed by atoms with Crippen LogP contribution in [0.15, 0.2) is 18.7 Å². The summed E-state index contributed by atoms with van der Waals surface area (Å²) in [5.41, 5.74) is 0.431. The number of rotatable bonds is 3. The number of aromatic nitrogens is 4. The summed E-state index contributed by atoms with van der Waals surface area (Å²) in [6.07, 6.45) is 1.44. The van der Waals surface area contributed by atoms with Crippen molar-refractivity contribution in [2.45, 2.75) is 31.9 Å². The van der Waals surface area contributed by atoms with E-state index in [2.05, 4.69) is 42.4 Å². The van der Waals surface area contributed by atoms with Crippen LogP contribution in [0.3, 0.4) is 0 Å². The molecule has 9 nitrogen and oxygen atoms in total. The summed E-state index contributed by atoms with van der Waals surface area (Å²) in [4.78, 5) is 30.6. The number of hydrogen-bond donors (Lipinski definition) is 2. The highest BCUT2D eigenvalue weighted by Gasteiger charge is 2.45. The molecule has 2 aromatic heterocycles. The Bertz CT molecular complexity index is 905. The maximum atomic E-state index is 14.2. The van der Waals surface area contributed by atoms with E-state index >= 15 is 0 Å². The fourth-order valence-electron chi connectivity index (χ4n) is 3.36. The van der Waals surface area contributed by atoms with E-state index in [0.29, 0.717) is 18.4 Å². The number of ether oxygens (including phenoxy) is 1. The summed E-state index contributed by atoms with van der Waals surface area (Å²) in [6, 6.07) is 0.290. The molecule has 0 radical (unpaired) electrons. The standard InChI is InChI=1S/C17H19F2N7O2/c1-9-7-26(4-3-21-9)11-6-20-5-10(24-11)13-12-14(17(2,18)19)28-16(27)25-15(12)23-8-22-13/h5-6,8-9,14,21H,3-4,7H2,1-2H3,(H,22,23,25,27)/t9-,14+/m0/s1. The molecular formula is C17H19F2N7O2. The Morgan fingerprint density at radius 2 is 2.14 bits per heavy atom. The van der Waals surface area contributed by atoms with Crippen LogP contribution >= 0.6 is 0 Å². The Balaban J connectivity index is 1.78. The minimum absolute atomic E-state index is 0.0178. The molecule has 2 aliphatic heterocycles. The van der Waals surface area contributed by atoms with E-state index in [1.807, 2.05) is 0 Å². The smallest absolute Gasteiger partial charge is 0.413 e. The van der Waals surface area contributed by atoms with Crippen LogP contribution in [0.2, 0.25) is 0 Å². The predicted octanol–water partition coefficient (Wildman–Crippen LogP) is 1.99. The van der Waals surface area contributed by atoms with Gasteiger partial charge in [-0.1, -0.05) is 0 Å². The number of alkyl halides is 2. The van der Waals surface area contributed by atoms with Crippen molar-refractivity contribution in [3.63, 3.8) is 0 Å². The lowest BCUT2D eigenvalue weighted by molar-refractivity contribution is -0.0985. The van der Waals surface area contributed by atoms with Crippen molar-refractivity contribution in [2.75, 3.05) is 29.9 Å². The van der Waals surface area contributed by atoms with Crippen LogP contribution in [0, 0.1) is 0 Å². The number of anilines is 2. The molecule has 0 aromatic carbocycles. The van der Waals surface area contributed by atoms with Crippen molar-refractivity contribution >= 4 is 17.7 Å². The van der Waals surface area contributed by atoms with Crippen molar-refractivity contribution in [3.8, 4) is 11.4 Å². The van der Waals surface area contributed by atoms with E-state index in [9.17, 15) is 13.6 Å². The van der Waals surface area contributed by atoms with Gasteiger partial charge in [-0.05, 0) is 6.92 Å². The van der Waals surface area contributed by atoms with Gasteiger partial charge in [0.05, 0.1) is 18.0 Å². The molecule has 11 heteroatoms. The molecule has 2 aliphatic rings. The number of nitrogens with one attached hydrogen (secondary N) is 2. The Hall–Kier alpha value is -2.95. The molecule has 1 amide bonds. The van der Waals surface area contributed by atoms with Gasteiger partial charge in [-0.2, -0.15) is 0 Å². The number of carbonyl (C=O) groups excluding carboxylic acids is 1. The third kappa shape index (κ3) is 3.44. The van der Waals surface area contributed by atoms with E-state index in [0.717, 1.165) is 19.6 Å². The Morgan fingerprint density at radius 1 is 1.32 bits per heavy atom. The van der Waals surface area contributed by atoms with Crippen molar-refractivity contribution in [3.05, 3.63) is 24.3 Å². The van der Waals surface area contributed by atoms with Crippen LogP contribution in [0.1, 0.15) is 25.5 Å². The number of fused-ring (bicyclic) bond motifs is 1. The SMILES string of the molecule is C[C@H]1CN(c2cncc(-c3ncnc4c3[C@H](C(C)(F)F)OC(=O)N4)n2)CCN1. The van der Waals surface area contributed by atoms with Crippen LogP contribution < -0.4 is 15.5 Å².